The number of hydrogen-bond acceptors (Lipinski definition) is 5. The summed E-state index contributed by atoms with van der Waals surface area (Å²) >= 11 is 0. The summed E-state index contributed by atoms with van der Waals surface area (Å²) in [4.78, 5) is 4.79. The Morgan fingerprint density at radius 1 is 1.07 bits per heavy atom. The van der Waals surface area contributed by atoms with E-state index in [1.54, 1.807) is 30.3 Å². The van der Waals surface area contributed by atoms with Crippen LogP contribution in [0.25, 0.3) is 0 Å². The largest absolute Gasteiger partial charge is 0.373 e. The summed E-state index contributed by atoms with van der Waals surface area (Å²) in [6.45, 7) is 5.19. The van der Waals surface area contributed by atoms with Crippen molar-refractivity contribution in [3.8, 4) is 0 Å². The number of piperazine rings is 1. The first kappa shape index (κ1) is 20.3. The van der Waals surface area contributed by atoms with Gasteiger partial charge < -0.3 is 9.64 Å². The van der Waals surface area contributed by atoms with Gasteiger partial charge in [0.25, 0.3) is 0 Å². The van der Waals surface area contributed by atoms with Crippen molar-refractivity contribution in [1.82, 2.24) is 4.90 Å². The van der Waals surface area contributed by atoms with Crippen molar-refractivity contribution < 1.29 is 17.5 Å². The molecular formula is C21H26FN3O3S. The molecule has 8 heteroatoms. The van der Waals surface area contributed by atoms with Crippen LogP contribution in [0.1, 0.15) is 23.7 Å². The van der Waals surface area contributed by atoms with Gasteiger partial charge in [-0.05, 0) is 60.4 Å². The van der Waals surface area contributed by atoms with Crippen LogP contribution in [0.2, 0.25) is 0 Å². The van der Waals surface area contributed by atoms with E-state index in [2.05, 4.69) is 9.80 Å². The molecule has 2 aliphatic heterocycles. The van der Waals surface area contributed by atoms with E-state index < -0.39 is 10.0 Å². The molecule has 0 radical (unpaired) electrons. The highest BCUT2D eigenvalue weighted by atomic mass is 32.2. The molecule has 2 heterocycles. The number of sulfonamides is 1. The minimum absolute atomic E-state index is 0.0307. The van der Waals surface area contributed by atoms with Gasteiger partial charge in [0.05, 0.1) is 17.6 Å². The van der Waals surface area contributed by atoms with Crippen LogP contribution in [-0.4, -0.2) is 52.6 Å². The van der Waals surface area contributed by atoms with Gasteiger partial charge in [0, 0.05) is 38.4 Å². The Hall–Kier alpha value is -2.00. The van der Waals surface area contributed by atoms with Crippen molar-refractivity contribution in [1.29, 1.82) is 0 Å². The number of benzene rings is 2. The van der Waals surface area contributed by atoms with Crippen molar-refractivity contribution >= 4 is 15.7 Å². The highest BCUT2D eigenvalue weighted by molar-refractivity contribution is 7.89. The van der Waals surface area contributed by atoms with Gasteiger partial charge in [-0.2, -0.15) is 0 Å². The number of halogens is 1. The first-order valence-electron chi connectivity index (χ1n) is 9.90. The van der Waals surface area contributed by atoms with Crippen LogP contribution in [0.3, 0.4) is 0 Å². The number of primary sulfonamides is 1. The molecule has 2 aromatic rings. The molecule has 6 nitrogen and oxygen atoms in total. The summed E-state index contributed by atoms with van der Waals surface area (Å²) in [5.41, 5.74) is 3.18. The van der Waals surface area contributed by atoms with Crippen LogP contribution < -0.4 is 10.0 Å². The third kappa shape index (κ3) is 4.78. The van der Waals surface area contributed by atoms with Crippen LogP contribution >= 0.6 is 0 Å². The summed E-state index contributed by atoms with van der Waals surface area (Å²) in [6, 6.07) is 11.7. The third-order valence-corrected chi connectivity index (χ3v) is 6.68. The van der Waals surface area contributed by atoms with Gasteiger partial charge >= 0.3 is 0 Å². The molecule has 0 aromatic heterocycles. The lowest BCUT2D eigenvalue weighted by atomic mass is 9.95. The Morgan fingerprint density at radius 2 is 1.79 bits per heavy atom. The maximum absolute atomic E-state index is 13.5. The molecule has 1 atom stereocenters. The van der Waals surface area contributed by atoms with Gasteiger partial charge in [0.1, 0.15) is 5.82 Å². The molecule has 1 unspecified atom stereocenters. The van der Waals surface area contributed by atoms with E-state index in [4.69, 9.17) is 9.88 Å². The number of anilines is 1. The smallest absolute Gasteiger partial charge is 0.238 e. The van der Waals surface area contributed by atoms with Crippen LogP contribution in [0.4, 0.5) is 10.1 Å². The first-order valence-corrected chi connectivity index (χ1v) is 11.4. The zero-order chi connectivity index (χ0) is 20.4. The summed E-state index contributed by atoms with van der Waals surface area (Å²) in [5, 5.41) is 5.16. The lowest BCUT2D eigenvalue weighted by Crippen LogP contribution is -2.47. The number of nitrogens with zero attached hydrogens (tertiary/aromatic N) is 2. The second kappa shape index (κ2) is 8.39. The van der Waals surface area contributed by atoms with E-state index in [1.165, 1.54) is 6.07 Å². The van der Waals surface area contributed by atoms with Gasteiger partial charge in [0.15, 0.2) is 0 Å². The van der Waals surface area contributed by atoms with E-state index >= 15 is 0 Å². The highest BCUT2D eigenvalue weighted by Gasteiger charge is 2.23. The predicted molar refractivity (Wildman–Crippen MR) is 110 cm³/mol. The minimum Gasteiger partial charge on any atom is -0.373 e. The highest BCUT2D eigenvalue weighted by Crippen LogP contribution is 2.30. The standard InChI is InChI=1S/C21H26FN3O3S/c22-17-1-6-20-16(15-17)8-14-28-21(20)7-9-24-10-12-25(13-11-24)18-2-4-19(5-3-18)29(23,26)27/h1-6,15,21H,7-14H2,(H2,23,26,27). The first-order chi connectivity index (χ1) is 13.9. The molecule has 0 bridgehead atoms. The van der Waals surface area contributed by atoms with Crippen LogP contribution in [0.15, 0.2) is 47.4 Å². The Bertz CT molecular complexity index is 958. The number of hydrogen-bond donors (Lipinski definition) is 1. The Balaban J connectivity index is 1.30. The fraction of sp³-hybridized carbons (Fsp3) is 0.429. The average Bonchev–Trinajstić information content (AvgIpc) is 2.72. The zero-order valence-electron chi connectivity index (χ0n) is 16.3. The van der Waals surface area contributed by atoms with E-state index in [0.717, 1.165) is 62.4 Å². The van der Waals surface area contributed by atoms with Crippen molar-refractivity contribution in [2.75, 3.05) is 44.2 Å². The number of rotatable bonds is 5. The predicted octanol–water partition coefficient (Wildman–Crippen LogP) is 2.30. The summed E-state index contributed by atoms with van der Waals surface area (Å²) in [7, 11) is -3.66. The fourth-order valence-electron chi connectivity index (χ4n) is 4.12. The van der Waals surface area contributed by atoms with Crippen LogP contribution in [0, 0.1) is 5.82 Å². The molecule has 0 aliphatic carbocycles. The molecule has 156 valence electrons. The Morgan fingerprint density at radius 3 is 2.48 bits per heavy atom. The summed E-state index contributed by atoms with van der Waals surface area (Å²) < 4.78 is 42.2. The molecule has 0 spiro atoms. The van der Waals surface area contributed by atoms with Gasteiger partial charge in [-0.3, -0.25) is 4.90 Å². The van der Waals surface area contributed by atoms with Crippen LogP contribution in [-0.2, 0) is 21.2 Å². The number of nitrogens with two attached hydrogens (primary N) is 1. The second-order valence-electron chi connectivity index (χ2n) is 7.61. The lowest BCUT2D eigenvalue weighted by molar-refractivity contribution is 0.0288. The maximum Gasteiger partial charge on any atom is 0.238 e. The second-order valence-corrected chi connectivity index (χ2v) is 9.17. The summed E-state index contributed by atoms with van der Waals surface area (Å²) in [5.74, 6) is -0.183. The van der Waals surface area contributed by atoms with Gasteiger partial charge in [-0.25, -0.2) is 17.9 Å². The normalized spacial score (nSPS) is 20.5. The maximum atomic E-state index is 13.5. The lowest BCUT2D eigenvalue weighted by Gasteiger charge is -2.37. The molecule has 0 amide bonds. The molecule has 1 saturated heterocycles. The van der Waals surface area contributed by atoms with Gasteiger partial charge in [-0.15, -0.1) is 0 Å². The Kier molecular flexibility index (Phi) is 5.87. The molecule has 4 rings (SSSR count). The minimum atomic E-state index is -3.66. The van der Waals surface area contributed by atoms with Crippen LogP contribution in [0.5, 0.6) is 0 Å². The van der Waals surface area contributed by atoms with Crippen molar-refractivity contribution in [3.05, 3.63) is 59.4 Å². The molecule has 2 N–H and O–H groups in total. The third-order valence-electron chi connectivity index (χ3n) is 5.75. The van der Waals surface area contributed by atoms with E-state index in [1.807, 2.05) is 6.07 Å². The Labute approximate surface area is 171 Å². The van der Waals surface area contributed by atoms with E-state index in [9.17, 15) is 12.8 Å². The fourth-order valence-corrected chi connectivity index (χ4v) is 4.64. The number of ether oxygens (including phenoxy) is 1. The van der Waals surface area contributed by atoms with Gasteiger partial charge in [-0.1, -0.05) is 6.07 Å². The van der Waals surface area contributed by atoms with E-state index in [-0.39, 0.29) is 16.8 Å². The summed E-state index contributed by atoms with van der Waals surface area (Å²) in [6.07, 6.45) is 1.69. The molecular weight excluding hydrogens is 393 g/mol. The molecule has 29 heavy (non-hydrogen) atoms. The number of fused-ring (bicyclic) bond motifs is 1. The molecule has 0 saturated carbocycles. The monoisotopic (exact) mass is 419 g/mol. The van der Waals surface area contributed by atoms with Crippen molar-refractivity contribution in [2.45, 2.75) is 23.8 Å². The molecule has 1 fully saturated rings. The molecule has 2 aromatic carbocycles. The quantitative estimate of drug-likeness (QED) is 0.805. The average molecular weight is 420 g/mol. The van der Waals surface area contributed by atoms with Gasteiger partial charge in [0.2, 0.25) is 10.0 Å². The van der Waals surface area contributed by atoms with E-state index in [0.29, 0.717) is 6.61 Å². The zero-order valence-corrected chi connectivity index (χ0v) is 17.1. The topological polar surface area (TPSA) is 75.9 Å². The van der Waals surface area contributed by atoms with Crippen molar-refractivity contribution in [3.63, 3.8) is 0 Å². The van der Waals surface area contributed by atoms with Crippen molar-refractivity contribution in [2.24, 2.45) is 5.14 Å². The molecule has 2 aliphatic rings. The SMILES string of the molecule is NS(=O)(=O)c1ccc(N2CCN(CCC3OCCc4cc(F)ccc43)CC2)cc1.